The Morgan fingerprint density at radius 1 is 0.879 bits per heavy atom. The first-order valence-electron chi connectivity index (χ1n) is 19.9. The van der Waals surface area contributed by atoms with Crippen LogP contribution in [0.4, 0.5) is 41.1 Å². The van der Waals surface area contributed by atoms with Crippen LogP contribution in [0.25, 0.3) is 10.9 Å². The van der Waals surface area contributed by atoms with Crippen molar-refractivity contribution in [3.63, 3.8) is 0 Å². The van der Waals surface area contributed by atoms with Crippen molar-refractivity contribution >= 4 is 56.0 Å². The zero-order chi connectivity index (χ0) is 40.3. The lowest BCUT2D eigenvalue weighted by Crippen LogP contribution is -2.69. The summed E-state index contributed by atoms with van der Waals surface area (Å²) in [6, 6.07) is 13.9. The number of nitrogens with one attached hydrogen (secondary N) is 2. The van der Waals surface area contributed by atoms with Gasteiger partial charge in [-0.2, -0.15) is 22.6 Å². The van der Waals surface area contributed by atoms with E-state index >= 15 is 0 Å². The number of fused-ring (bicyclic) bond motifs is 3. The van der Waals surface area contributed by atoms with Crippen molar-refractivity contribution in [2.75, 3.05) is 72.4 Å². The van der Waals surface area contributed by atoms with E-state index in [9.17, 15) is 31.2 Å². The lowest BCUT2D eigenvalue weighted by molar-refractivity contribution is -0.138. The Hall–Kier alpha value is -5.01. The number of imide groups is 1. The Kier molecular flexibility index (Phi) is 9.95. The largest absolute Gasteiger partial charge is 0.419 e. The first-order valence-corrected chi connectivity index (χ1v) is 21.3. The number of anilines is 4. The third-order valence-corrected chi connectivity index (χ3v) is 14.4. The highest BCUT2D eigenvalue weighted by atomic mass is 32.2. The number of piperazine rings is 1. The third-order valence-electron chi connectivity index (χ3n) is 12.5. The molecule has 6 fully saturated rings. The number of halogens is 3. The molecule has 3 amide bonds. The summed E-state index contributed by atoms with van der Waals surface area (Å²) in [4.78, 5) is 41.0. The van der Waals surface area contributed by atoms with Crippen LogP contribution in [0.2, 0.25) is 0 Å². The molecule has 15 nitrogen and oxygen atoms in total. The van der Waals surface area contributed by atoms with Crippen LogP contribution in [0.1, 0.15) is 44.1 Å². The zero-order valence-electron chi connectivity index (χ0n) is 32.1. The molecule has 2 aromatic heterocycles. The molecule has 4 aromatic rings. The maximum Gasteiger partial charge on any atom is 0.419 e. The molecule has 2 aromatic carbocycles. The van der Waals surface area contributed by atoms with Gasteiger partial charge in [0, 0.05) is 113 Å². The molecule has 308 valence electrons. The number of alkyl halides is 3. The third kappa shape index (κ3) is 7.43. The van der Waals surface area contributed by atoms with E-state index in [1.54, 1.807) is 22.9 Å². The molecule has 8 heterocycles. The highest BCUT2D eigenvalue weighted by molar-refractivity contribution is 7.89. The fourth-order valence-electron chi connectivity index (χ4n) is 9.22. The van der Waals surface area contributed by atoms with Gasteiger partial charge < -0.3 is 15.1 Å². The van der Waals surface area contributed by atoms with Crippen LogP contribution in [0.5, 0.6) is 0 Å². The standard InChI is InChI=1S/C39H46F3N11O4S/c1-48-34-19-29(5-6-33(34)36(47-48)52-16-11-35(54)46-38(52)55)50-23-30-17-31(24-50)53(30)22-25-7-12-49(13-8-25)28-3-2-4-32(18-28)58(56,57)51-14-9-27(10-15-51)45-37-43-20-26(21-44-37)39(40,41)42/h2-6,18-21,25,27,30-31H,7-17,22-24H2,1H3,(H,43,44,45)(H,46,54,55). The minimum Gasteiger partial charge on any atom is -0.371 e. The van der Waals surface area contributed by atoms with Crippen LogP contribution >= 0.6 is 0 Å². The Labute approximate surface area is 334 Å². The van der Waals surface area contributed by atoms with E-state index in [1.807, 2.05) is 19.2 Å². The number of carbonyl (C=O) groups excluding carboxylic acids is 2. The van der Waals surface area contributed by atoms with Gasteiger partial charge in [0.2, 0.25) is 21.9 Å². The summed E-state index contributed by atoms with van der Waals surface area (Å²) in [7, 11) is -1.86. The number of piperidine rings is 3. The van der Waals surface area contributed by atoms with Gasteiger partial charge in [-0.3, -0.25) is 24.6 Å². The van der Waals surface area contributed by atoms with Crippen LogP contribution in [-0.4, -0.2) is 120 Å². The molecule has 10 rings (SSSR count). The SMILES string of the molecule is Cn1nc(N2CCC(=O)NC2=O)c2ccc(N3CC4CC(C3)N4CC3CCN(c4cccc(S(=O)(=O)N5CCC(Nc6ncc(C(F)(F)F)cn6)CC5)c4)CC3)cc21. The fraction of sp³-hybridized carbons (Fsp3) is 0.513. The number of aryl methyl sites for hydroxylation is 1. The molecule has 0 saturated carbocycles. The van der Waals surface area contributed by atoms with Crippen molar-refractivity contribution < 1.29 is 31.2 Å². The molecule has 0 aliphatic carbocycles. The summed E-state index contributed by atoms with van der Waals surface area (Å²) in [5.74, 6) is 0.943. The summed E-state index contributed by atoms with van der Waals surface area (Å²) < 4.78 is 69.3. The normalized spacial score (nSPS) is 23.0. The lowest BCUT2D eigenvalue weighted by Gasteiger charge is -2.58. The minimum atomic E-state index is -4.51. The van der Waals surface area contributed by atoms with E-state index in [0.717, 1.165) is 80.2 Å². The monoisotopic (exact) mass is 821 g/mol. The van der Waals surface area contributed by atoms with Gasteiger partial charge in [-0.25, -0.2) is 23.2 Å². The number of carbonyl (C=O) groups is 2. The van der Waals surface area contributed by atoms with Crippen LogP contribution in [0.15, 0.2) is 59.8 Å². The van der Waals surface area contributed by atoms with Crippen molar-refractivity contribution in [1.29, 1.82) is 0 Å². The highest BCUT2D eigenvalue weighted by Gasteiger charge is 2.45. The maximum absolute atomic E-state index is 13.7. The van der Waals surface area contributed by atoms with E-state index in [4.69, 9.17) is 0 Å². The van der Waals surface area contributed by atoms with Gasteiger partial charge in [0.1, 0.15) is 0 Å². The molecule has 2 atom stereocenters. The van der Waals surface area contributed by atoms with Gasteiger partial charge in [-0.05, 0) is 74.4 Å². The Morgan fingerprint density at radius 3 is 2.28 bits per heavy atom. The van der Waals surface area contributed by atoms with Crippen molar-refractivity contribution in [2.45, 2.75) is 67.7 Å². The molecule has 19 heteroatoms. The van der Waals surface area contributed by atoms with Crippen LogP contribution < -0.4 is 25.3 Å². The molecule has 6 aliphatic rings. The number of aromatic nitrogens is 4. The van der Waals surface area contributed by atoms with Crippen molar-refractivity contribution in [3.8, 4) is 0 Å². The Morgan fingerprint density at radius 2 is 1.59 bits per heavy atom. The van der Waals surface area contributed by atoms with Gasteiger partial charge in [0.15, 0.2) is 5.82 Å². The Balaban J connectivity index is 0.757. The smallest absolute Gasteiger partial charge is 0.371 e. The summed E-state index contributed by atoms with van der Waals surface area (Å²) in [5.41, 5.74) is 2.06. The number of rotatable bonds is 9. The second-order valence-electron chi connectivity index (χ2n) is 16.1. The van der Waals surface area contributed by atoms with E-state index in [0.29, 0.717) is 43.2 Å². The molecule has 6 aliphatic heterocycles. The van der Waals surface area contributed by atoms with Crippen molar-refractivity contribution in [3.05, 3.63) is 60.4 Å². The highest BCUT2D eigenvalue weighted by Crippen LogP contribution is 2.39. The quantitative estimate of drug-likeness (QED) is 0.249. The van der Waals surface area contributed by atoms with Crippen molar-refractivity contribution in [2.24, 2.45) is 13.0 Å². The van der Waals surface area contributed by atoms with Gasteiger partial charge in [0.25, 0.3) is 0 Å². The van der Waals surface area contributed by atoms with Gasteiger partial charge in [0.05, 0.1) is 16.0 Å². The average molecular weight is 822 g/mol. The molecule has 0 radical (unpaired) electrons. The lowest BCUT2D eigenvalue weighted by atomic mass is 9.84. The van der Waals surface area contributed by atoms with Gasteiger partial charge >= 0.3 is 12.2 Å². The predicted octanol–water partition coefficient (Wildman–Crippen LogP) is 4.27. The summed E-state index contributed by atoms with van der Waals surface area (Å²) >= 11 is 0. The molecule has 58 heavy (non-hydrogen) atoms. The molecule has 0 spiro atoms. The van der Waals surface area contributed by atoms with E-state index in [2.05, 4.69) is 52.5 Å². The van der Waals surface area contributed by atoms with Crippen LogP contribution in [0.3, 0.4) is 0 Å². The molecular weight excluding hydrogens is 776 g/mol. The summed E-state index contributed by atoms with van der Waals surface area (Å²) in [5, 5.41) is 10.9. The molecule has 6 saturated heterocycles. The number of hydrogen-bond acceptors (Lipinski definition) is 11. The molecule has 2 N–H and O–H groups in total. The molecule has 2 unspecified atom stereocenters. The summed E-state index contributed by atoms with van der Waals surface area (Å²) in [6.07, 6.45) is 1.42. The number of nitrogens with zero attached hydrogens (tertiary/aromatic N) is 9. The van der Waals surface area contributed by atoms with Crippen LogP contribution in [0, 0.1) is 5.92 Å². The fourth-order valence-corrected chi connectivity index (χ4v) is 10.7. The van der Waals surface area contributed by atoms with E-state index in [1.165, 1.54) is 15.6 Å². The van der Waals surface area contributed by atoms with Crippen LogP contribution in [-0.2, 0) is 28.0 Å². The number of benzene rings is 2. The molecule has 2 bridgehead atoms. The second kappa shape index (κ2) is 15.0. The van der Waals surface area contributed by atoms with Crippen molar-refractivity contribution in [1.82, 2.24) is 34.3 Å². The molecular formula is C39H46F3N11O4S. The van der Waals surface area contributed by atoms with E-state index < -0.39 is 27.8 Å². The zero-order valence-corrected chi connectivity index (χ0v) is 32.9. The number of amides is 3. The number of hydrogen-bond donors (Lipinski definition) is 2. The Bertz CT molecular complexity index is 2300. The van der Waals surface area contributed by atoms with Gasteiger partial charge in [-0.1, -0.05) is 6.07 Å². The number of sulfonamides is 1. The topological polar surface area (TPSA) is 152 Å². The second-order valence-corrected chi connectivity index (χ2v) is 18.0. The van der Waals surface area contributed by atoms with E-state index in [-0.39, 0.29) is 42.3 Å². The van der Waals surface area contributed by atoms with Gasteiger partial charge in [-0.15, -0.1) is 0 Å². The minimum absolute atomic E-state index is 0.0878. The first kappa shape index (κ1) is 38.5. The number of urea groups is 1. The summed E-state index contributed by atoms with van der Waals surface area (Å²) in [6.45, 7) is 5.53. The maximum atomic E-state index is 13.7. The predicted molar refractivity (Wildman–Crippen MR) is 211 cm³/mol. The average Bonchev–Trinajstić information content (AvgIpc) is 3.55. The first-order chi connectivity index (χ1) is 27.8.